The zero-order chi connectivity index (χ0) is 32.3. The topological polar surface area (TPSA) is 107 Å². The van der Waals surface area contributed by atoms with E-state index in [2.05, 4.69) is 36.4 Å². The van der Waals surface area contributed by atoms with Gasteiger partial charge in [-0.25, -0.2) is 13.5 Å². The molecule has 0 saturated carbocycles. The van der Waals surface area contributed by atoms with Crippen molar-refractivity contribution < 1.29 is 22.7 Å². The molecule has 1 unspecified atom stereocenters. The maximum atomic E-state index is 16.1. The maximum absolute atomic E-state index is 16.1. The fourth-order valence-corrected chi connectivity index (χ4v) is 5.60. The molecule has 1 fully saturated rings. The van der Waals surface area contributed by atoms with Gasteiger partial charge in [0.05, 0.1) is 18.2 Å². The van der Waals surface area contributed by atoms with Gasteiger partial charge in [-0.15, -0.1) is 5.10 Å². The Bertz CT molecular complexity index is 1820. The smallest absolute Gasteiger partial charge is 0.323 e. The first-order valence-corrected chi connectivity index (χ1v) is 14.5. The summed E-state index contributed by atoms with van der Waals surface area (Å²) in [5.41, 5.74) is -0.695. The number of rotatable bonds is 9. The molecular weight excluding hydrogens is 600 g/mol. The lowest BCUT2D eigenvalue weighted by Crippen LogP contribution is -2.48. The molecule has 1 atom stereocenters. The molecule has 0 radical (unpaired) electrons. The summed E-state index contributed by atoms with van der Waals surface area (Å²) in [6, 6.07) is 22.0. The number of pyridine rings is 1. The SMILES string of the molecule is N#Cc1ccc(CN2CCN(c3ccc(-c4ccc(C(F)(F)C(O)(Cn5cnnn5)c5ccc(F)cc5F)nc4)cc3)CC2)cc1. The van der Waals surface area contributed by atoms with E-state index in [0.29, 0.717) is 17.2 Å². The van der Waals surface area contributed by atoms with E-state index in [9.17, 15) is 13.9 Å². The van der Waals surface area contributed by atoms with Crippen LogP contribution in [0.4, 0.5) is 23.2 Å². The molecule has 6 rings (SSSR count). The number of tetrazole rings is 1. The second-order valence-corrected chi connectivity index (χ2v) is 11.1. The molecule has 46 heavy (non-hydrogen) atoms. The lowest BCUT2D eigenvalue weighted by molar-refractivity contribution is -0.207. The van der Waals surface area contributed by atoms with Crippen LogP contribution in [-0.4, -0.2) is 61.4 Å². The van der Waals surface area contributed by atoms with Crippen LogP contribution in [0.15, 0.2) is 91.4 Å². The average Bonchev–Trinajstić information content (AvgIpc) is 3.58. The molecule has 1 N–H and O–H groups in total. The van der Waals surface area contributed by atoms with Gasteiger partial charge in [0.1, 0.15) is 23.7 Å². The molecule has 234 valence electrons. The minimum absolute atomic E-state index is 0.424. The van der Waals surface area contributed by atoms with Crippen molar-refractivity contribution in [3.63, 3.8) is 0 Å². The summed E-state index contributed by atoms with van der Waals surface area (Å²) < 4.78 is 61.3. The van der Waals surface area contributed by atoms with Gasteiger partial charge in [-0.1, -0.05) is 30.3 Å². The van der Waals surface area contributed by atoms with E-state index < -0.39 is 41.0 Å². The molecule has 0 aliphatic carbocycles. The number of anilines is 1. The lowest BCUT2D eigenvalue weighted by Gasteiger charge is -2.36. The van der Waals surface area contributed by atoms with E-state index in [1.807, 2.05) is 48.5 Å². The summed E-state index contributed by atoms with van der Waals surface area (Å²) in [5.74, 6) is -6.47. The second-order valence-electron chi connectivity index (χ2n) is 11.1. The van der Waals surface area contributed by atoms with Crippen LogP contribution in [0.3, 0.4) is 0 Å². The van der Waals surface area contributed by atoms with Gasteiger partial charge >= 0.3 is 5.92 Å². The zero-order valence-electron chi connectivity index (χ0n) is 24.4. The molecule has 1 aliphatic rings. The van der Waals surface area contributed by atoms with Crippen LogP contribution in [0, 0.1) is 23.0 Å². The third-order valence-electron chi connectivity index (χ3n) is 8.19. The lowest BCUT2D eigenvalue weighted by atomic mass is 9.84. The Morgan fingerprint density at radius 1 is 0.870 bits per heavy atom. The number of halogens is 4. The highest BCUT2D eigenvalue weighted by atomic mass is 19.3. The first-order chi connectivity index (χ1) is 22.2. The van der Waals surface area contributed by atoms with Gasteiger partial charge in [-0.05, 0) is 64.0 Å². The highest BCUT2D eigenvalue weighted by Gasteiger charge is 2.58. The van der Waals surface area contributed by atoms with Crippen molar-refractivity contribution in [1.29, 1.82) is 5.26 Å². The highest BCUT2D eigenvalue weighted by molar-refractivity contribution is 5.66. The van der Waals surface area contributed by atoms with Crippen molar-refractivity contribution in [1.82, 2.24) is 30.1 Å². The van der Waals surface area contributed by atoms with Gasteiger partial charge in [-0.2, -0.15) is 14.0 Å². The van der Waals surface area contributed by atoms with Crippen LogP contribution in [0.5, 0.6) is 0 Å². The highest BCUT2D eigenvalue weighted by Crippen LogP contribution is 2.47. The Morgan fingerprint density at radius 3 is 2.20 bits per heavy atom. The zero-order valence-corrected chi connectivity index (χ0v) is 24.4. The summed E-state index contributed by atoms with van der Waals surface area (Å²) in [6.45, 7) is 3.32. The molecule has 0 amide bonds. The number of nitrogens with zero attached hydrogens (tertiary/aromatic N) is 8. The van der Waals surface area contributed by atoms with Gasteiger partial charge < -0.3 is 10.0 Å². The second kappa shape index (κ2) is 12.7. The van der Waals surface area contributed by atoms with Crippen molar-refractivity contribution in [3.05, 3.63) is 125 Å². The van der Waals surface area contributed by atoms with E-state index in [4.69, 9.17) is 5.26 Å². The molecule has 3 aromatic carbocycles. The van der Waals surface area contributed by atoms with E-state index in [-0.39, 0.29) is 0 Å². The van der Waals surface area contributed by atoms with Gasteiger partial charge in [0.15, 0.2) is 5.60 Å². The Hall–Kier alpha value is -5.19. The van der Waals surface area contributed by atoms with Crippen LogP contribution in [0.2, 0.25) is 0 Å². The third-order valence-corrected chi connectivity index (χ3v) is 8.19. The van der Waals surface area contributed by atoms with Crippen molar-refractivity contribution in [2.75, 3.05) is 31.1 Å². The first-order valence-electron chi connectivity index (χ1n) is 14.5. The number of hydrogen-bond acceptors (Lipinski definition) is 8. The Balaban J connectivity index is 1.15. The quantitative estimate of drug-likeness (QED) is 0.230. The van der Waals surface area contributed by atoms with Crippen LogP contribution < -0.4 is 4.90 Å². The summed E-state index contributed by atoms with van der Waals surface area (Å²) in [4.78, 5) is 8.60. The van der Waals surface area contributed by atoms with Crippen molar-refractivity contribution in [3.8, 4) is 17.2 Å². The molecular formula is C33H28F4N8O. The van der Waals surface area contributed by atoms with Crippen LogP contribution >= 0.6 is 0 Å². The number of aliphatic hydroxyl groups is 1. The van der Waals surface area contributed by atoms with Crippen LogP contribution in [0.1, 0.15) is 22.4 Å². The monoisotopic (exact) mass is 628 g/mol. The molecule has 2 aromatic heterocycles. The predicted octanol–water partition coefficient (Wildman–Crippen LogP) is 4.89. The number of benzene rings is 3. The van der Waals surface area contributed by atoms with Gasteiger partial charge in [0.25, 0.3) is 0 Å². The molecule has 5 aromatic rings. The van der Waals surface area contributed by atoms with E-state index in [1.165, 1.54) is 12.3 Å². The number of alkyl halides is 2. The standard InChI is InChI=1S/C33H28F4N8O/c34-27-8-11-29(30(35)17-27)32(46,21-45-22-40-41-42-45)33(36,37)31-12-7-26(19-39-31)25-5-9-28(10-6-25)44-15-13-43(14-16-44)20-24-3-1-23(18-38)2-4-24/h1-12,17,19,22,46H,13-16,20-21H2. The number of piperazine rings is 1. The van der Waals surface area contributed by atoms with E-state index in [1.54, 1.807) is 0 Å². The van der Waals surface area contributed by atoms with Gasteiger partial charge in [0.2, 0.25) is 0 Å². The molecule has 1 saturated heterocycles. The Kier molecular flexibility index (Phi) is 8.48. The molecule has 0 bridgehead atoms. The third kappa shape index (κ3) is 6.17. The average molecular weight is 629 g/mol. The van der Waals surface area contributed by atoms with E-state index in [0.717, 1.165) is 78.7 Å². The molecule has 13 heteroatoms. The predicted molar refractivity (Wildman–Crippen MR) is 160 cm³/mol. The van der Waals surface area contributed by atoms with Crippen molar-refractivity contribution in [2.24, 2.45) is 0 Å². The van der Waals surface area contributed by atoms with Crippen molar-refractivity contribution in [2.45, 2.75) is 24.6 Å². The molecule has 3 heterocycles. The summed E-state index contributed by atoms with van der Waals surface area (Å²) in [6.07, 6.45) is 2.26. The maximum Gasteiger partial charge on any atom is 0.323 e. The summed E-state index contributed by atoms with van der Waals surface area (Å²) in [7, 11) is 0. The fourth-order valence-electron chi connectivity index (χ4n) is 5.60. The number of aromatic nitrogens is 5. The van der Waals surface area contributed by atoms with Crippen molar-refractivity contribution >= 4 is 5.69 Å². The van der Waals surface area contributed by atoms with Gasteiger partial charge in [0, 0.05) is 61.8 Å². The van der Waals surface area contributed by atoms with Crippen LogP contribution in [0.25, 0.3) is 11.1 Å². The minimum Gasteiger partial charge on any atom is -0.377 e. The summed E-state index contributed by atoms with van der Waals surface area (Å²) in [5, 5.41) is 30.7. The largest absolute Gasteiger partial charge is 0.377 e. The Labute approximate surface area is 262 Å². The number of hydrogen-bond donors (Lipinski definition) is 1. The first kappa shape index (κ1) is 30.8. The van der Waals surface area contributed by atoms with Crippen LogP contribution in [-0.2, 0) is 24.6 Å². The minimum atomic E-state index is -4.14. The fraction of sp³-hybridized carbons (Fsp3) is 0.242. The van der Waals surface area contributed by atoms with E-state index >= 15 is 8.78 Å². The normalized spacial score (nSPS) is 15.3. The molecule has 9 nitrogen and oxygen atoms in total. The molecule has 0 spiro atoms. The molecule has 1 aliphatic heterocycles. The Morgan fingerprint density at radius 2 is 1.59 bits per heavy atom. The van der Waals surface area contributed by atoms with Gasteiger partial charge in [-0.3, -0.25) is 9.88 Å². The number of nitriles is 1. The summed E-state index contributed by atoms with van der Waals surface area (Å²) >= 11 is 0.